The van der Waals surface area contributed by atoms with E-state index in [1.807, 2.05) is 4.90 Å². The number of likely N-dealkylation sites (tertiary alicyclic amines) is 1. The highest BCUT2D eigenvalue weighted by atomic mass is 19.1. The number of hydrogen-bond acceptors (Lipinski definition) is 6. The number of nitrogens with one attached hydrogen (secondary N) is 1. The number of halogens is 1. The van der Waals surface area contributed by atoms with Gasteiger partial charge in [-0.25, -0.2) is 19.3 Å². The van der Waals surface area contributed by atoms with Crippen LogP contribution in [0.5, 0.6) is 0 Å². The fourth-order valence-electron chi connectivity index (χ4n) is 2.77. The first kappa shape index (κ1) is 15.3. The van der Waals surface area contributed by atoms with Crippen LogP contribution in [0.3, 0.4) is 0 Å². The van der Waals surface area contributed by atoms with E-state index in [2.05, 4.69) is 26.3 Å². The zero-order chi connectivity index (χ0) is 16.1. The van der Waals surface area contributed by atoms with Crippen LogP contribution < -0.4 is 5.32 Å². The maximum atomic E-state index is 13.8. The number of nitriles is 1. The molecule has 0 radical (unpaired) electrons. The molecule has 2 aromatic rings. The molecule has 0 aliphatic carbocycles. The van der Waals surface area contributed by atoms with Gasteiger partial charge in [-0.1, -0.05) is 0 Å². The van der Waals surface area contributed by atoms with E-state index in [9.17, 15) is 4.39 Å². The number of hydrogen-bond donors (Lipinski definition) is 1. The molecular weight excluding hydrogens is 295 g/mol. The Hall–Kier alpha value is -2.59. The van der Waals surface area contributed by atoms with Crippen molar-refractivity contribution in [3.05, 3.63) is 48.2 Å². The third-order valence-electron chi connectivity index (χ3n) is 3.87. The topological polar surface area (TPSA) is 77.7 Å². The van der Waals surface area contributed by atoms with E-state index in [-0.39, 0.29) is 6.04 Å². The molecule has 2 atom stereocenters. The van der Waals surface area contributed by atoms with Crippen molar-refractivity contribution in [1.82, 2.24) is 19.9 Å². The zero-order valence-corrected chi connectivity index (χ0v) is 12.6. The molecule has 6 nitrogen and oxygen atoms in total. The monoisotopic (exact) mass is 312 g/mol. The lowest BCUT2D eigenvalue weighted by Crippen LogP contribution is -2.35. The summed E-state index contributed by atoms with van der Waals surface area (Å²) in [6.45, 7) is 1.41. The second-order valence-corrected chi connectivity index (χ2v) is 5.47. The summed E-state index contributed by atoms with van der Waals surface area (Å²) in [7, 11) is 0. The summed E-state index contributed by atoms with van der Waals surface area (Å²) in [5.41, 5.74) is 0.486. The van der Waals surface area contributed by atoms with Crippen molar-refractivity contribution in [2.24, 2.45) is 0 Å². The van der Waals surface area contributed by atoms with Gasteiger partial charge in [0.15, 0.2) is 0 Å². The normalized spacial score (nSPS) is 21.0. The molecule has 23 heavy (non-hydrogen) atoms. The largest absolute Gasteiger partial charge is 0.367 e. The van der Waals surface area contributed by atoms with E-state index in [1.54, 1.807) is 36.8 Å². The molecule has 0 amide bonds. The van der Waals surface area contributed by atoms with Gasteiger partial charge in [-0.15, -0.1) is 0 Å². The molecule has 1 saturated heterocycles. The van der Waals surface area contributed by atoms with Crippen LogP contribution in [0, 0.1) is 11.3 Å². The van der Waals surface area contributed by atoms with Crippen molar-refractivity contribution in [3.63, 3.8) is 0 Å². The average molecular weight is 312 g/mol. The molecule has 3 rings (SSSR count). The fraction of sp³-hybridized carbons (Fsp3) is 0.375. The number of alkyl halides is 1. The molecule has 0 spiro atoms. The minimum absolute atomic E-state index is 0.0161. The van der Waals surface area contributed by atoms with Gasteiger partial charge in [0.2, 0.25) is 0 Å². The number of nitrogens with zero attached hydrogens (tertiary/aromatic N) is 5. The third-order valence-corrected chi connectivity index (χ3v) is 3.87. The van der Waals surface area contributed by atoms with Crippen LogP contribution in [0.1, 0.15) is 17.8 Å². The Bertz CT molecular complexity index is 686. The predicted octanol–water partition coefficient (Wildman–Crippen LogP) is 1.77. The first-order valence-electron chi connectivity index (χ1n) is 7.49. The number of rotatable bonds is 5. The molecule has 3 heterocycles. The molecule has 0 unspecified atom stereocenters. The Morgan fingerprint density at radius 2 is 2.04 bits per heavy atom. The van der Waals surface area contributed by atoms with Gasteiger partial charge >= 0.3 is 0 Å². The van der Waals surface area contributed by atoms with Gasteiger partial charge in [0.1, 0.15) is 23.9 Å². The SMILES string of the molecule is N#Cc1cccnc1NC[C@@H]1C[C@H](F)CN1Cc1ncccn1. The van der Waals surface area contributed by atoms with Crippen molar-refractivity contribution in [2.75, 3.05) is 18.4 Å². The van der Waals surface area contributed by atoms with E-state index >= 15 is 0 Å². The zero-order valence-electron chi connectivity index (χ0n) is 12.6. The maximum absolute atomic E-state index is 13.8. The Kier molecular flexibility index (Phi) is 4.74. The Morgan fingerprint density at radius 3 is 2.83 bits per heavy atom. The van der Waals surface area contributed by atoms with Gasteiger partial charge in [0, 0.05) is 37.7 Å². The summed E-state index contributed by atoms with van der Waals surface area (Å²) in [5.74, 6) is 1.22. The molecule has 0 saturated carbocycles. The highest BCUT2D eigenvalue weighted by Gasteiger charge is 2.32. The molecule has 118 valence electrons. The number of anilines is 1. The summed E-state index contributed by atoms with van der Waals surface area (Å²) >= 11 is 0. The van der Waals surface area contributed by atoms with Gasteiger partial charge < -0.3 is 5.32 Å². The maximum Gasteiger partial charge on any atom is 0.143 e. The van der Waals surface area contributed by atoms with Crippen molar-refractivity contribution in [3.8, 4) is 6.07 Å². The second kappa shape index (κ2) is 7.11. The third kappa shape index (κ3) is 3.79. The summed E-state index contributed by atoms with van der Waals surface area (Å²) in [4.78, 5) is 14.6. The smallest absolute Gasteiger partial charge is 0.143 e. The van der Waals surface area contributed by atoms with Gasteiger partial charge in [0.05, 0.1) is 12.1 Å². The van der Waals surface area contributed by atoms with Crippen molar-refractivity contribution in [1.29, 1.82) is 5.26 Å². The fourth-order valence-corrected chi connectivity index (χ4v) is 2.77. The van der Waals surface area contributed by atoms with Crippen molar-refractivity contribution in [2.45, 2.75) is 25.2 Å². The highest BCUT2D eigenvalue weighted by Crippen LogP contribution is 2.22. The van der Waals surface area contributed by atoms with Crippen LogP contribution in [0.2, 0.25) is 0 Å². The number of aromatic nitrogens is 3. The standard InChI is InChI=1S/C16H17FN6/c17-13-7-14(9-22-16-12(8-18)3-1-4-21-16)23(10-13)11-15-19-5-2-6-20-15/h1-6,13-14H,7,9-11H2,(H,21,22)/t13-,14-/m0/s1. The molecule has 1 fully saturated rings. The first-order chi connectivity index (χ1) is 11.3. The van der Waals surface area contributed by atoms with E-state index in [1.165, 1.54) is 0 Å². The summed E-state index contributed by atoms with van der Waals surface area (Å²) < 4.78 is 13.8. The first-order valence-corrected chi connectivity index (χ1v) is 7.49. The Labute approximate surface area is 134 Å². The minimum atomic E-state index is -0.857. The average Bonchev–Trinajstić information content (AvgIpc) is 2.93. The second-order valence-electron chi connectivity index (χ2n) is 5.47. The van der Waals surface area contributed by atoms with Crippen LogP contribution in [0.15, 0.2) is 36.8 Å². The summed E-state index contributed by atoms with van der Waals surface area (Å²) in [6, 6.07) is 7.30. The molecule has 1 aliphatic heterocycles. The Morgan fingerprint density at radius 1 is 1.26 bits per heavy atom. The summed E-state index contributed by atoms with van der Waals surface area (Å²) in [6.07, 6.45) is 4.60. The quantitative estimate of drug-likeness (QED) is 0.906. The predicted molar refractivity (Wildman–Crippen MR) is 83.2 cm³/mol. The Balaban J connectivity index is 1.65. The van der Waals surface area contributed by atoms with E-state index < -0.39 is 6.17 Å². The molecule has 7 heteroatoms. The van der Waals surface area contributed by atoms with Crippen LogP contribution >= 0.6 is 0 Å². The van der Waals surface area contributed by atoms with Crippen LogP contribution in [0.25, 0.3) is 0 Å². The lowest BCUT2D eigenvalue weighted by molar-refractivity contribution is 0.235. The molecule has 0 bridgehead atoms. The van der Waals surface area contributed by atoms with Gasteiger partial charge in [0.25, 0.3) is 0 Å². The van der Waals surface area contributed by atoms with Crippen molar-refractivity contribution < 1.29 is 4.39 Å². The van der Waals surface area contributed by atoms with Crippen molar-refractivity contribution >= 4 is 5.82 Å². The van der Waals surface area contributed by atoms with Crippen LogP contribution in [0.4, 0.5) is 10.2 Å². The van der Waals surface area contributed by atoms with E-state index in [0.29, 0.717) is 43.3 Å². The van der Waals surface area contributed by atoms with Crippen LogP contribution in [-0.2, 0) is 6.54 Å². The van der Waals surface area contributed by atoms with Gasteiger partial charge in [-0.3, -0.25) is 4.90 Å². The summed E-state index contributed by atoms with van der Waals surface area (Å²) in [5, 5.41) is 12.2. The molecule has 1 aliphatic rings. The van der Waals surface area contributed by atoms with Gasteiger partial charge in [-0.05, 0) is 24.6 Å². The molecule has 1 N–H and O–H groups in total. The van der Waals surface area contributed by atoms with Crippen LogP contribution in [-0.4, -0.2) is 45.2 Å². The molecule has 0 aromatic carbocycles. The lowest BCUT2D eigenvalue weighted by atomic mass is 10.2. The van der Waals surface area contributed by atoms with Gasteiger partial charge in [-0.2, -0.15) is 5.26 Å². The highest BCUT2D eigenvalue weighted by molar-refractivity contribution is 5.51. The minimum Gasteiger partial charge on any atom is -0.367 e. The van der Waals surface area contributed by atoms with E-state index in [0.717, 1.165) is 0 Å². The number of pyridine rings is 1. The molecular formula is C16H17FN6. The molecule has 2 aromatic heterocycles. The lowest BCUT2D eigenvalue weighted by Gasteiger charge is -2.23. The van der Waals surface area contributed by atoms with E-state index in [4.69, 9.17) is 5.26 Å².